The van der Waals surface area contributed by atoms with E-state index in [1.807, 2.05) is 0 Å². The number of rotatable bonds is 4. The van der Waals surface area contributed by atoms with Crippen molar-refractivity contribution in [2.45, 2.75) is 84.7 Å². The SMILES string of the molecule is C[C@H](CCC(=O)[O-])[C@H]1CC[C@H]2[C@@H]3C(=O)C[C@@H]4C[C@@H](O)CC[C@]4(C)[C@H]3CC(=O)[C@]12C. The number of carboxylic acid groups (broad SMARTS) is 1. The number of aliphatic carboxylic acids is 1. The number of aliphatic hydroxyl groups excluding tert-OH is 1. The van der Waals surface area contributed by atoms with Crippen LogP contribution in [0.25, 0.3) is 0 Å². The summed E-state index contributed by atoms with van der Waals surface area (Å²) >= 11 is 0. The molecule has 0 aliphatic heterocycles. The minimum Gasteiger partial charge on any atom is -0.550 e. The summed E-state index contributed by atoms with van der Waals surface area (Å²) in [5.74, 6) is 0.162. The molecule has 0 saturated heterocycles. The summed E-state index contributed by atoms with van der Waals surface area (Å²) in [5.41, 5.74) is -0.549. The summed E-state index contributed by atoms with van der Waals surface area (Å²) < 4.78 is 0. The molecule has 0 radical (unpaired) electrons. The van der Waals surface area contributed by atoms with Gasteiger partial charge in [0.05, 0.1) is 6.10 Å². The van der Waals surface area contributed by atoms with E-state index in [2.05, 4.69) is 20.8 Å². The van der Waals surface area contributed by atoms with Gasteiger partial charge in [-0.2, -0.15) is 0 Å². The molecule has 0 amide bonds. The Labute approximate surface area is 173 Å². The smallest absolute Gasteiger partial charge is 0.139 e. The Morgan fingerprint density at radius 2 is 1.90 bits per heavy atom. The van der Waals surface area contributed by atoms with Crippen molar-refractivity contribution in [2.24, 2.45) is 46.3 Å². The Bertz CT molecular complexity index is 716. The topological polar surface area (TPSA) is 94.5 Å². The minimum atomic E-state index is -1.03. The molecule has 9 atom stereocenters. The second-order valence-electron chi connectivity index (χ2n) is 11.0. The highest BCUT2D eigenvalue weighted by Gasteiger charge is 2.66. The third kappa shape index (κ3) is 3.10. The number of hydrogen-bond acceptors (Lipinski definition) is 5. The van der Waals surface area contributed by atoms with Crippen molar-refractivity contribution >= 4 is 17.5 Å². The first-order valence-corrected chi connectivity index (χ1v) is 11.5. The first-order valence-electron chi connectivity index (χ1n) is 11.5. The molecule has 0 aromatic carbocycles. The first kappa shape index (κ1) is 21.0. The first-order chi connectivity index (χ1) is 13.6. The van der Waals surface area contributed by atoms with Crippen LogP contribution in [0.3, 0.4) is 0 Å². The second kappa shape index (κ2) is 7.18. The number of aliphatic hydroxyl groups is 1. The Morgan fingerprint density at radius 1 is 1.17 bits per heavy atom. The van der Waals surface area contributed by atoms with Crippen LogP contribution in [0.4, 0.5) is 0 Å². The van der Waals surface area contributed by atoms with Gasteiger partial charge >= 0.3 is 0 Å². The van der Waals surface area contributed by atoms with Gasteiger partial charge in [-0.25, -0.2) is 0 Å². The van der Waals surface area contributed by atoms with Crippen molar-refractivity contribution in [1.29, 1.82) is 0 Å². The van der Waals surface area contributed by atoms with Gasteiger partial charge in [-0.1, -0.05) is 20.8 Å². The standard InChI is InChI=1S/C24H36O5/c1-13(4-7-21(28)29)16-5-6-17-22-18(12-20(27)24(16,17)3)23(2)9-8-15(25)10-14(23)11-19(22)26/h13-18,22,25H,4-12H2,1-3H3,(H,28,29)/p-1/t13-,14+,15+,16-,17+,18+,22+,23+,24-/m1/s1. The summed E-state index contributed by atoms with van der Waals surface area (Å²) in [6.07, 6.45) is 5.39. The largest absolute Gasteiger partial charge is 0.550 e. The van der Waals surface area contributed by atoms with Crippen molar-refractivity contribution in [3.8, 4) is 0 Å². The van der Waals surface area contributed by atoms with Crippen LogP contribution in [0.1, 0.15) is 78.6 Å². The Balaban J connectivity index is 1.62. The molecular formula is C24H35O5-. The van der Waals surface area contributed by atoms with Crippen LogP contribution in [0.15, 0.2) is 0 Å². The van der Waals surface area contributed by atoms with Crippen LogP contribution >= 0.6 is 0 Å². The molecule has 0 aromatic heterocycles. The number of hydrogen-bond donors (Lipinski definition) is 1. The third-order valence-electron chi connectivity index (χ3n) is 9.86. The molecule has 162 valence electrons. The molecule has 0 aromatic rings. The number of Topliss-reactive ketones (excluding diaryl/α,β-unsaturated/α-hetero) is 2. The molecule has 5 nitrogen and oxygen atoms in total. The van der Waals surface area contributed by atoms with E-state index in [0.29, 0.717) is 31.5 Å². The number of carbonyl (C=O) groups excluding carboxylic acids is 3. The number of carbonyl (C=O) groups is 3. The van der Waals surface area contributed by atoms with Gasteiger partial charge in [0, 0.05) is 30.1 Å². The van der Waals surface area contributed by atoms with E-state index in [1.165, 1.54) is 0 Å². The highest BCUT2D eigenvalue weighted by Crippen LogP contribution is 2.66. The number of ketones is 2. The predicted octanol–water partition coefficient (Wildman–Crippen LogP) is 2.53. The van der Waals surface area contributed by atoms with Gasteiger partial charge in [0.2, 0.25) is 0 Å². The Hall–Kier alpha value is -1.23. The highest BCUT2D eigenvalue weighted by molar-refractivity contribution is 5.92. The molecule has 4 saturated carbocycles. The molecule has 29 heavy (non-hydrogen) atoms. The number of fused-ring (bicyclic) bond motifs is 5. The van der Waals surface area contributed by atoms with Crippen LogP contribution in [-0.2, 0) is 14.4 Å². The maximum Gasteiger partial charge on any atom is 0.139 e. The van der Waals surface area contributed by atoms with Gasteiger partial charge in [0.1, 0.15) is 11.6 Å². The van der Waals surface area contributed by atoms with E-state index in [9.17, 15) is 24.6 Å². The van der Waals surface area contributed by atoms with Crippen LogP contribution in [0, 0.1) is 46.3 Å². The van der Waals surface area contributed by atoms with Crippen molar-refractivity contribution in [3.63, 3.8) is 0 Å². The monoisotopic (exact) mass is 403 g/mol. The quantitative estimate of drug-likeness (QED) is 0.778. The maximum absolute atomic E-state index is 13.6. The van der Waals surface area contributed by atoms with E-state index >= 15 is 0 Å². The van der Waals surface area contributed by atoms with Gasteiger partial charge in [-0.05, 0) is 80.0 Å². The lowest BCUT2D eigenvalue weighted by molar-refractivity contribution is -0.306. The lowest BCUT2D eigenvalue weighted by atomic mass is 9.43. The zero-order valence-corrected chi connectivity index (χ0v) is 18.0. The Morgan fingerprint density at radius 3 is 2.59 bits per heavy atom. The predicted molar refractivity (Wildman–Crippen MR) is 105 cm³/mol. The van der Waals surface area contributed by atoms with Crippen molar-refractivity contribution in [2.75, 3.05) is 0 Å². The fraction of sp³-hybridized carbons (Fsp3) is 0.875. The van der Waals surface area contributed by atoms with E-state index in [1.54, 1.807) is 0 Å². The molecule has 0 unspecified atom stereocenters. The fourth-order valence-electron chi connectivity index (χ4n) is 8.12. The van der Waals surface area contributed by atoms with Gasteiger partial charge in [-0.3, -0.25) is 9.59 Å². The zero-order chi connectivity index (χ0) is 21.1. The van der Waals surface area contributed by atoms with E-state index in [0.717, 1.165) is 25.7 Å². The van der Waals surface area contributed by atoms with E-state index in [4.69, 9.17) is 0 Å². The normalized spacial score (nSPS) is 47.9. The molecule has 4 rings (SSSR count). The highest BCUT2D eigenvalue weighted by atomic mass is 16.4. The third-order valence-corrected chi connectivity index (χ3v) is 9.86. The van der Waals surface area contributed by atoms with Crippen molar-refractivity contribution in [3.05, 3.63) is 0 Å². The van der Waals surface area contributed by atoms with Crippen LogP contribution in [0.2, 0.25) is 0 Å². The second-order valence-corrected chi connectivity index (χ2v) is 11.0. The fourth-order valence-corrected chi connectivity index (χ4v) is 8.12. The molecule has 1 N–H and O–H groups in total. The van der Waals surface area contributed by atoms with Crippen LogP contribution < -0.4 is 5.11 Å². The summed E-state index contributed by atoms with van der Waals surface area (Å²) in [5, 5.41) is 21.1. The lowest BCUT2D eigenvalue weighted by Gasteiger charge is -2.59. The van der Waals surface area contributed by atoms with Crippen molar-refractivity contribution < 1.29 is 24.6 Å². The molecule has 4 aliphatic rings. The molecule has 4 aliphatic carbocycles. The molecule has 0 heterocycles. The molecule has 0 bridgehead atoms. The molecule has 5 heteroatoms. The summed E-state index contributed by atoms with van der Waals surface area (Å²) in [6.45, 7) is 6.39. The van der Waals surface area contributed by atoms with Crippen molar-refractivity contribution in [1.82, 2.24) is 0 Å². The van der Waals surface area contributed by atoms with Gasteiger partial charge in [0.25, 0.3) is 0 Å². The van der Waals surface area contributed by atoms with Crippen LogP contribution in [-0.4, -0.2) is 28.7 Å². The minimum absolute atomic E-state index is 0.0274. The van der Waals surface area contributed by atoms with E-state index in [-0.39, 0.29) is 59.2 Å². The molecule has 4 fully saturated rings. The number of carboxylic acids is 1. The molecule has 0 spiro atoms. The molecular weight excluding hydrogens is 368 g/mol. The average Bonchev–Trinajstić information content (AvgIpc) is 3.01. The van der Waals surface area contributed by atoms with Crippen LogP contribution in [0.5, 0.6) is 0 Å². The average molecular weight is 404 g/mol. The van der Waals surface area contributed by atoms with Gasteiger partial charge in [-0.15, -0.1) is 0 Å². The summed E-state index contributed by atoms with van der Waals surface area (Å²) in [4.78, 5) is 37.9. The van der Waals surface area contributed by atoms with Gasteiger partial charge in [0.15, 0.2) is 0 Å². The lowest BCUT2D eigenvalue weighted by Crippen LogP contribution is -2.60. The van der Waals surface area contributed by atoms with Gasteiger partial charge < -0.3 is 15.0 Å². The zero-order valence-electron chi connectivity index (χ0n) is 18.0. The Kier molecular flexibility index (Phi) is 5.20. The summed E-state index contributed by atoms with van der Waals surface area (Å²) in [6, 6.07) is 0. The summed E-state index contributed by atoms with van der Waals surface area (Å²) in [7, 11) is 0. The van der Waals surface area contributed by atoms with E-state index < -0.39 is 11.4 Å². The maximum atomic E-state index is 13.6.